The molecular weight excluding hydrogens is 405 g/mol. The number of carbonyl (C=O) groups is 1. The molecule has 1 aliphatic heterocycles. The van der Waals surface area contributed by atoms with Gasteiger partial charge in [-0.2, -0.15) is 5.10 Å². The minimum Gasteiger partial charge on any atom is -0.346 e. The second-order valence-electron chi connectivity index (χ2n) is 8.68. The van der Waals surface area contributed by atoms with Crippen LogP contribution >= 0.6 is 0 Å². The van der Waals surface area contributed by atoms with E-state index in [2.05, 4.69) is 34.0 Å². The number of rotatable bonds is 6. The van der Waals surface area contributed by atoms with Crippen LogP contribution in [0.2, 0.25) is 0 Å². The molecule has 1 aliphatic rings. The first-order valence-corrected chi connectivity index (χ1v) is 11.1. The maximum Gasteiger partial charge on any atom is 0.223 e. The number of pyridine rings is 1. The van der Waals surface area contributed by atoms with Crippen LogP contribution in [0, 0.1) is 11.7 Å². The van der Waals surface area contributed by atoms with Crippen LogP contribution in [0.4, 0.5) is 4.39 Å². The van der Waals surface area contributed by atoms with Crippen molar-refractivity contribution in [2.24, 2.45) is 5.92 Å². The standard InChI is InChI=1S/C25H26FN5O/c1-17-11-19(16-31(17)25(32)8-5-18-3-2-4-21(26)12-18)15-30-10-9-23-24(30)7-6-22(29-23)20-13-27-28-14-20/h2-4,6-7,9-10,12-14,17,19H,5,8,11,15-16H2,1H3,(H,27,28)/t17-,19+/m1/s1. The van der Waals surface area contributed by atoms with Gasteiger partial charge in [-0.25, -0.2) is 9.37 Å². The van der Waals surface area contributed by atoms with Gasteiger partial charge in [-0.1, -0.05) is 12.1 Å². The van der Waals surface area contributed by atoms with Crippen molar-refractivity contribution in [3.05, 3.63) is 72.4 Å². The Morgan fingerprint density at radius 3 is 2.97 bits per heavy atom. The molecule has 5 rings (SSSR count). The van der Waals surface area contributed by atoms with Crippen molar-refractivity contribution in [2.75, 3.05) is 6.54 Å². The lowest BCUT2D eigenvalue weighted by atomic mass is 10.1. The van der Waals surface area contributed by atoms with E-state index in [1.54, 1.807) is 12.3 Å². The number of nitrogens with zero attached hydrogens (tertiary/aromatic N) is 4. The Morgan fingerprint density at radius 1 is 1.25 bits per heavy atom. The Bertz CT molecular complexity index is 1230. The largest absolute Gasteiger partial charge is 0.346 e. The van der Waals surface area contributed by atoms with Crippen molar-refractivity contribution in [3.63, 3.8) is 0 Å². The van der Waals surface area contributed by atoms with Crippen LogP contribution in [-0.2, 0) is 17.8 Å². The molecule has 1 fully saturated rings. The average molecular weight is 432 g/mol. The predicted molar refractivity (Wildman–Crippen MR) is 121 cm³/mol. The molecule has 0 aliphatic carbocycles. The molecule has 1 saturated heterocycles. The highest BCUT2D eigenvalue weighted by atomic mass is 19.1. The van der Waals surface area contributed by atoms with E-state index in [4.69, 9.17) is 4.98 Å². The first kappa shape index (κ1) is 20.4. The third kappa shape index (κ3) is 4.15. The summed E-state index contributed by atoms with van der Waals surface area (Å²) in [5.41, 5.74) is 4.78. The van der Waals surface area contributed by atoms with Gasteiger partial charge in [0.2, 0.25) is 5.91 Å². The summed E-state index contributed by atoms with van der Waals surface area (Å²) in [6.07, 6.45) is 7.64. The average Bonchev–Trinajstić information content (AvgIpc) is 3.53. The van der Waals surface area contributed by atoms with E-state index < -0.39 is 0 Å². The summed E-state index contributed by atoms with van der Waals surface area (Å²) in [6.45, 7) is 3.73. The molecule has 1 N–H and O–H groups in total. The molecule has 1 amide bonds. The fourth-order valence-corrected chi connectivity index (χ4v) is 4.77. The maximum absolute atomic E-state index is 13.4. The first-order valence-electron chi connectivity index (χ1n) is 11.1. The van der Waals surface area contributed by atoms with Gasteiger partial charge in [0, 0.05) is 43.5 Å². The van der Waals surface area contributed by atoms with E-state index in [0.717, 1.165) is 47.4 Å². The number of aromatic amines is 1. The molecule has 7 heteroatoms. The van der Waals surface area contributed by atoms with Gasteiger partial charge in [0.15, 0.2) is 0 Å². The molecule has 0 radical (unpaired) electrons. The molecule has 0 unspecified atom stereocenters. The molecular formula is C25H26FN5O. The molecule has 32 heavy (non-hydrogen) atoms. The summed E-state index contributed by atoms with van der Waals surface area (Å²) in [6, 6.07) is 12.9. The lowest BCUT2D eigenvalue weighted by molar-refractivity contribution is -0.131. The molecule has 6 nitrogen and oxygen atoms in total. The monoisotopic (exact) mass is 431 g/mol. The number of halogens is 1. The molecule has 4 heterocycles. The zero-order chi connectivity index (χ0) is 22.1. The number of benzene rings is 1. The number of likely N-dealkylation sites (tertiary alicyclic amines) is 1. The Kier molecular flexibility index (Phi) is 5.47. The number of nitrogens with one attached hydrogen (secondary N) is 1. The van der Waals surface area contributed by atoms with E-state index in [1.807, 2.05) is 29.3 Å². The second kappa shape index (κ2) is 8.57. The van der Waals surface area contributed by atoms with Gasteiger partial charge in [-0.15, -0.1) is 0 Å². The molecule has 0 bridgehead atoms. The van der Waals surface area contributed by atoms with Gasteiger partial charge < -0.3 is 9.47 Å². The Balaban J connectivity index is 1.23. The van der Waals surface area contributed by atoms with Crippen molar-refractivity contribution >= 4 is 16.9 Å². The fraction of sp³-hybridized carbons (Fsp3) is 0.320. The third-order valence-electron chi connectivity index (χ3n) is 6.37. The molecule has 164 valence electrons. The van der Waals surface area contributed by atoms with Gasteiger partial charge in [-0.05, 0) is 61.6 Å². The number of fused-ring (bicyclic) bond motifs is 1. The highest BCUT2D eigenvalue weighted by Gasteiger charge is 2.32. The number of H-pyrrole nitrogens is 1. The predicted octanol–water partition coefficient (Wildman–Crippen LogP) is 4.44. The van der Waals surface area contributed by atoms with E-state index in [0.29, 0.717) is 18.8 Å². The van der Waals surface area contributed by atoms with Gasteiger partial charge in [0.1, 0.15) is 5.82 Å². The fourth-order valence-electron chi connectivity index (χ4n) is 4.77. The lowest BCUT2D eigenvalue weighted by Crippen LogP contribution is -2.34. The molecule has 0 saturated carbocycles. The van der Waals surface area contributed by atoms with Gasteiger partial charge in [-0.3, -0.25) is 9.89 Å². The van der Waals surface area contributed by atoms with E-state index in [-0.39, 0.29) is 17.8 Å². The number of carbonyl (C=O) groups excluding carboxylic acids is 1. The van der Waals surface area contributed by atoms with Gasteiger partial charge >= 0.3 is 0 Å². The van der Waals surface area contributed by atoms with Crippen LogP contribution < -0.4 is 0 Å². The molecule has 2 atom stereocenters. The SMILES string of the molecule is C[C@@H]1C[C@@H](Cn2ccc3nc(-c4cn[nH]c4)ccc32)CN1C(=O)CCc1cccc(F)c1. The van der Waals surface area contributed by atoms with Crippen LogP contribution in [0.3, 0.4) is 0 Å². The third-order valence-corrected chi connectivity index (χ3v) is 6.37. The number of aryl methyl sites for hydroxylation is 1. The summed E-state index contributed by atoms with van der Waals surface area (Å²) in [7, 11) is 0. The van der Waals surface area contributed by atoms with Crippen molar-refractivity contribution in [2.45, 2.75) is 38.8 Å². The van der Waals surface area contributed by atoms with Crippen molar-refractivity contribution in [1.29, 1.82) is 0 Å². The van der Waals surface area contributed by atoms with Crippen LogP contribution in [0.1, 0.15) is 25.3 Å². The van der Waals surface area contributed by atoms with E-state index >= 15 is 0 Å². The number of aromatic nitrogens is 4. The van der Waals surface area contributed by atoms with Crippen LogP contribution in [0.5, 0.6) is 0 Å². The van der Waals surface area contributed by atoms with Crippen molar-refractivity contribution < 1.29 is 9.18 Å². The zero-order valence-corrected chi connectivity index (χ0v) is 18.0. The Hall–Kier alpha value is -3.48. The zero-order valence-electron chi connectivity index (χ0n) is 18.0. The van der Waals surface area contributed by atoms with Crippen LogP contribution in [0.25, 0.3) is 22.3 Å². The molecule has 0 spiro atoms. The van der Waals surface area contributed by atoms with E-state index in [1.165, 1.54) is 12.1 Å². The first-order chi connectivity index (χ1) is 15.6. The smallest absolute Gasteiger partial charge is 0.223 e. The Labute approximate surface area is 186 Å². The molecule has 1 aromatic carbocycles. The van der Waals surface area contributed by atoms with Gasteiger partial charge in [0.05, 0.1) is 22.9 Å². The van der Waals surface area contributed by atoms with Crippen LogP contribution in [0.15, 0.2) is 61.1 Å². The normalized spacial score (nSPS) is 18.5. The lowest BCUT2D eigenvalue weighted by Gasteiger charge is -2.21. The summed E-state index contributed by atoms with van der Waals surface area (Å²) in [5, 5.41) is 6.82. The summed E-state index contributed by atoms with van der Waals surface area (Å²) in [5.74, 6) is 0.287. The number of hydrogen-bond acceptors (Lipinski definition) is 3. The van der Waals surface area contributed by atoms with E-state index in [9.17, 15) is 9.18 Å². The van der Waals surface area contributed by atoms with Gasteiger partial charge in [0.25, 0.3) is 0 Å². The minimum atomic E-state index is -0.255. The molecule has 4 aromatic rings. The summed E-state index contributed by atoms with van der Waals surface area (Å²) in [4.78, 5) is 19.6. The van der Waals surface area contributed by atoms with Crippen molar-refractivity contribution in [1.82, 2.24) is 24.6 Å². The second-order valence-corrected chi connectivity index (χ2v) is 8.68. The number of amides is 1. The summed E-state index contributed by atoms with van der Waals surface area (Å²) >= 11 is 0. The summed E-state index contributed by atoms with van der Waals surface area (Å²) < 4.78 is 15.6. The highest BCUT2D eigenvalue weighted by Crippen LogP contribution is 2.28. The quantitative estimate of drug-likeness (QED) is 0.491. The van der Waals surface area contributed by atoms with Crippen LogP contribution in [-0.4, -0.2) is 43.1 Å². The molecule has 3 aromatic heterocycles. The topological polar surface area (TPSA) is 66.8 Å². The minimum absolute atomic E-state index is 0.146. The maximum atomic E-state index is 13.4. The highest BCUT2D eigenvalue weighted by molar-refractivity contribution is 5.79. The van der Waals surface area contributed by atoms with Crippen molar-refractivity contribution in [3.8, 4) is 11.3 Å². The number of hydrogen-bond donors (Lipinski definition) is 1. The Morgan fingerprint density at radius 2 is 2.16 bits per heavy atom.